The van der Waals surface area contributed by atoms with Crippen LogP contribution in [-0.2, 0) is 10.3 Å². The molecule has 1 amide bonds. The smallest absolute Gasteiger partial charge is 0.267 e. The van der Waals surface area contributed by atoms with Crippen LogP contribution in [0, 0.1) is 10.1 Å². The van der Waals surface area contributed by atoms with Crippen LogP contribution >= 0.6 is 0 Å². The highest BCUT2D eigenvalue weighted by atomic mass is 16.6. The van der Waals surface area contributed by atoms with Crippen LogP contribution in [0.3, 0.4) is 0 Å². The highest BCUT2D eigenvalue weighted by Gasteiger charge is 2.53. The van der Waals surface area contributed by atoms with Gasteiger partial charge in [-0.2, -0.15) is 0 Å². The molecule has 1 aliphatic rings. The summed E-state index contributed by atoms with van der Waals surface area (Å²) in [6.45, 7) is -0.0279. The van der Waals surface area contributed by atoms with Crippen molar-refractivity contribution in [1.82, 2.24) is 4.90 Å². The lowest BCUT2D eigenvalue weighted by Crippen LogP contribution is -2.57. The van der Waals surface area contributed by atoms with E-state index in [1.54, 1.807) is 30.3 Å². The third-order valence-corrected chi connectivity index (χ3v) is 3.35. The molecule has 0 spiro atoms. The Balaban J connectivity index is 2.47. The van der Waals surface area contributed by atoms with E-state index in [4.69, 9.17) is 0 Å². The summed E-state index contributed by atoms with van der Waals surface area (Å²) in [4.78, 5) is 23.8. The van der Waals surface area contributed by atoms with Crippen molar-refractivity contribution in [1.29, 1.82) is 0 Å². The van der Waals surface area contributed by atoms with Crippen molar-refractivity contribution in [3.8, 4) is 0 Å². The van der Waals surface area contributed by atoms with Crippen LogP contribution in [0.25, 0.3) is 0 Å². The number of nitro groups is 1. The van der Waals surface area contributed by atoms with Crippen LogP contribution in [0.5, 0.6) is 0 Å². The van der Waals surface area contributed by atoms with Gasteiger partial charge in [-0.05, 0) is 0 Å². The third-order valence-electron chi connectivity index (χ3n) is 3.35. The number of aliphatic hydroxyl groups excluding tert-OH is 1. The molecule has 0 saturated carbocycles. The molecule has 1 aliphatic heterocycles. The Morgan fingerprint density at radius 3 is 2.56 bits per heavy atom. The Labute approximate surface area is 104 Å². The fourth-order valence-electron chi connectivity index (χ4n) is 2.39. The van der Waals surface area contributed by atoms with Gasteiger partial charge in [0.2, 0.25) is 0 Å². The number of rotatable bonds is 2. The number of hydrogen-bond donors (Lipinski definition) is 1. The molecule has 2 atom stereocenters. The van der Waals surface area contributed by atoms with E-state index in [1.807, 2.05) is 0 Å². The fourth-order valence-corrected chi connectivity index (χ4v) is 2.39. The largest absolute Gasteiger partial charge is 0.383 e. The van der Waals surface area contributed by atoms with Crippen molar-refractivity contribution in [3.63, 3.8) is 0 Å². The second kappa shape index (κ2) is 4.38. The van der Waals surface area contributed by atoms with Crippen LogP contribution in [0.15, 0.2) is 30.3 Å². The van der Waals surface area contributed by atoms with Gasteiger partial charge in [0, 0.05) is 17.5 Å². The second-order valence-corrected chi connectivity index (χ2v) is 4.57. The zero-order chi connectivity index (χ0) is 13.3. The van der Waals surface area contributed by atoms with Crippen molar-refractivity contribution < 1.29 is 14.8 Å². The number of likely N-dealkylation sites (N-methyl/N-ethyl adjacent to an activating group) is 1. The SMILES string of the molecule is CN1CC(c2ccccc2)([N+](=O)[O-])CC(O)C1=O. The molecule has 0 radical (unpaired) electrons. The van der Waals surface area contributed by atoms with Gasteiger partial charge in [0.25, 0.3) is 11.4 Å². The molecule has 2 unspecified atom stereocenters. The van der Waals surface area contributed by atoms with Crippen LogP contribution < -0.4 is 0 Å². The van der Waals surface area contributed by atoms with E-state index in [2.05, 4.69) is 0 Å². The van der Waals surface area contributed by atoms with Crippen LogP contribution in [0.1, 0.15) is 12.0 Å². The summed E-state index contributed by atoms with van der Waals surface area (Å²) in [5.74, 6) is -0.469. The fraction of sp³-hybridized carbons (Fsp3) is 0.417. The number of hydrogen-bond acceptors (Lipinski definition) is 4. The number of aliphatic hydroxyl groups is 1. The molecule has 1 heterocycles. The van der Waals surface area contributed by atoms with Gasteiger partial charge in [0.15, 0.2) is 0 Å². The average Bonchev–Trinajstić information content (AvgIpc) is 2.36. The maximum Gasteiger partial charge on any atom is 0.267 e. The van der Waals surface area contributed by atoms with Gasteiger partial charge in [-0.15, -0.1) is 0 Å². The molecule has 96 valence electrons. The highest BCUT2D eigenvalue weighted by Crippen LogP contribution is 2.34. The van der Waals surface area contributed by atoms with Gasteiger partial charge in [0.1, 0.15) is 6.10 Å². The zero-order valence-electron chi connectivity index (χ0n) is 9.94. The summed E-state index contributed by atoms with van der Waals surface area (Å²) in [5.41, 5.74) is -0.919. The zero-order valence-corrected chi connectivity index (χ0v) is 9.94. The van der Waals surface area contributed by atoms with Crippen molar-refractivity contribution in [3.05, 3.63) is 46.0 Å². The van der Waals surface area contributed by atoms with Gasteiger partial charge in [0.05, 0.1) is 13.0 Å². The number of nitrogens with zero attached hydrogens (tertiary/aromatic N) is 2. The molecule has 1 fully saturated rings. The van der Waals surface area contributed by atoms with Crippen molar-refractivity contribution in [2.45, 2.75) is 18.1 Å². The van der Waals surface area contributed by atoms with Crippen molar-refractivity contribution in [2.75, 3.05) is 13.6 Å². The van der Waals surface area contributed by atoms with E-state index < -0.39 is 22.5 Å². The Bertz CT molecular complexity index is 460. The van der Waals surface area contributed by atoms with Crippen molar-refractivity contribution >= 4 is 5.91 Å². The first kappa shape index (κ1) is 12.5. The molecular formula is C12H14N2O4. The van der Waals surface area contributed by atoms with Gasteiger partial charge in [-0.1, -0.05) is 30.3 Å². The molecule has 6 heteroatoms. The van der Waals surface area contributed by atoms with E-state index in [0.717, 1.165) is 0 Å². The van der Waals surface area contributed by atoms with E-state index in [-0.39, 0.29) is 13.0 Å². The summed E-state index contributed by atoms with van der Waals surface area (Å²) in [6.07, 6.45) is -1.51. The maximum atomic E-state index is 11.5. The van der Waals surface area contributed by atoms with Crippen LogP contribution in [0.2, 0.25) is 0 Å². The molecule has 0 aromatic heterocycles. The quantitative estimate of drug-likeness (QED) is 0.607. The minimum absolute atomic E-state index is 0.0279. The predicted octanol–water partition coefficient (Wildman–Crippen LogP) is 0.382. The molecule has 0 aliphatic carbocycles. The molecule has 2 rings (SSSR count). The molecule has 6 nitrogen and oxygen atoms in total. The third kappa shape index (κ3) is 1.84. The Morgan fingerprint density at radius 1 is 1.44 bits per heavy atom. The summed E-state index contributed by atoms with van der Waals surface area (Å²) in [7, 11) is 1.46. The number of benzene rings is 1. The van der Waals surface area contributed by atoms with Crippen LogP contribution in [0.4, 0.5) is 0 Å². The molecule has 1 saturated heterocycles. The minimum Gasteiger partial charge on any atom is -0.383 e. The van der Waals surface area contributed by atoms with E-state index >= 15 is 0 Å². The maximum absolute atomic E-state index is 11.5. The van der Waals surface area contributed by atoms with E-state index in [1.165, 1.54) is 11.9 Å². The van der Waals surface area contributed by atoms with Crippen LogP contribution in [-0.4, -0.2) is 40.5 Å². The Hall–Kier alpha value is -1.95. The normalized spacial score (nSPS) is 28.2. The topological polar surface area (TPSA) is 83.7 Å². The summed E-state index contributed by atoms with van der Waals surface area (Å²) < 4.78 is 0. The van der Waals surface area contributed by atoms with Gasteiger partial charge < -0.3 is 10.0 Å². The first-order valence-electron chi connectivity index (χ1n) is 5.60. The Kier molecular flexibility index (Phi) is 3.04. The molecular weight excluding hydrogens is 236 g/mol. The molecule has 18 heavy (non-hydrogen) atoms. The van der Waals surface area contributed by atoms with Crippen molar-refractivity contribution in [2.24, 2.45) is 0 Å². The number of piperidine rings is 1. The van der Waals surface area contributed by atoms with Gasteiger partial charge >= 0.3 is 0 Å². The molecule has 1 aromatic carbocycles. The Morgan fingerprint density at radius 2 is 2.06 bits per heavy atom. The number of carbonyl (C=O) groups is 1. The summed E-state index contributed by atoms with van der Waals surface area (Å²) in [6, 6.07) is 8.50. The van der Waals surface area contributed by atoms with Gasteiger partial charge in [-0.25, -0.2) is 0 Å². The standard InChI is InChI=1S/C12H14N2O4/c1-13-8-12(14(17)18,7-10(15)11(13)16)9-5-3-2-4-6-9/h2-6,10,15H,7-8H2,1H3. The summed E-state index contributed by atoms with van der Waals surface area (Å²) in [5, 5.41) is 21.1. The van der Waals surface area contributed by atoms with E-state index in [9.17, 15) is 20.0 Å². The lowest BCUT2D eigenvalue weighted by molar-refractivity contribution is -0.584. The molecule has 0 bridgehead atoms. The molecule has 1 N–H and O–H groups in total. The number of likely N-dealkylation sites (tertiary alicyclic amines) is 1. The monoisotopic (exact) mass is 250 g/mol. The first-order valence-corrected chi connectivity index (χ1v) is 5.60. The average molecular weight is 250 g/mol. The highest BCUT2D eigenvalue weighted by molar-refractivity contribution is 5.81. The second-order valence-electron chi connectivity index (χ2n) is 4.57. The number of carbonyl (C=O) groups excluding carboxylic acids is 1. The first-order chi connectivity index (χ1) is 8.47. The van der Waals surface area contributed by atoms with Gasteiger partial charge in [-0.3, -0.25) is 14.9 Å². The van der Waals surface area contributed by atoms with E-state index in [0.29, 0.717) is 5.56 Å². The number of amides is 1. The molecule has 1 aromatic rings. The predicted molar refractivity (Wildman–Crippen MR) is 63.4 cm³/mol. The minimum atomic E-state index is -1.43. The lowest BCUT2D eigenvalue weighted by Gasteiger charge is -2.36. The summed E-state index contributed by atoms with van der Waals surface area (Å²) >= 11 is 0. The lowest BCUT2D eigenvalue weighted by atomic mass is 9.81.